The summed E-state index contributed by atoms with van der Waals surface area (Å²) in [5, 5.41) is 6.50. The van der Waals surface area contributed by atoms with E-state index in [0.29, 0.717) is 11.3 Å². The Morgan fingerprint density at radius 1 is 1.38 bits per heavy atom. The zero-order valence-corrected chi connectivity index (χ0v) is 13.5. The van der Waals surface area contributed by atoms with Crippen molar-refractivity contribution in [3.63, 3.8) is 0 Å². The topological polar surface area (TPSA) is 58.2 Å². The second-order valence-electron chi connectivity index (χ2n) is 5.02. The zero-order valence-electron chi connectivity index (χ0n) is 12.7. The minimum Gasteiger partial charge on any atom is -0.482 e. The molecule has 1 heterocycles. The lowest BCUT2D eigenvalue weighted by Gasteiger charge is -2.26. The SMILES string of the molecule is Cc1cccc(OCC(F)(F)F)c1N(Cc1ccn[nH]1)C(=O)CCl. The number of benzene rings is 1. The molecular formula is C15H15ClF3N3O2. The number of nitrogens with zero attached hydrogens (tertiary/aromatic N) is 2. The van der Waals surface area contributed by atoms with Gasteiger partial charge in [0, 0.05) is 6.20 Å². The van der Waals surface area contributed by atoms with Gasteiger partial charge in [0.1, 0.15) is 11.6 Å². The van der Waals surface area contributed by atoms with Gasteiger partial charge in [0.05, 0.1) is 17.9 Å². The van der Waals surface area contributed by atoms with E-state index >= 15 is 0 Å². The van der Waals surface area contributed by atoms with Crippen LogP contribution in [0.5, 0.6) is 5.75 Å². The third kappa shape index (κ3) is 4.64. The van der Waals surface area contributed by atoms with Crippen LogP contribution in [-0.4, -0.2) is 34.8 Å². The highest BCUT2D eigenvalue weighted by Gasteiger charge is 2.30. The Hall–Kier alpha value is -2.22. The van der Waals surface area contributed by atoms with E-state index < -0.39 is 18.7 Å². The number of para-hydroxylation sites is 1. The highest BCUT2D eigenvalue weighted by Crippen LogP contribution is 2.34. The molecule has 0 atom stereocenters. The average molecular weight is 362 g/mol. The molecule has 1 amide bonds. The van der Waals surface area contributed by atoms with Gasteiger partial charge >= 0.3 is 6.18 Å². The number of H-pyrrole nitrogens is 1. The zero-order chi connectivity index (χ0) is 17.7. The van der Waals surface area contributed by atoms with Gasteiger partial charge in [-0.2, -0.15) is 18.3 Å². The smallest absolute Gasteiger partial charge is 0.422 e. The van der Waals surface area contributed by atoms with Crippen molar-refractivity contribution in [2.75, 3.05) is 17.4 Å². The van der Waals surface area contributed by atoms with Crippen LogP contribution >= 0.6 is 11.6 Å². The summed E-state index contributed by atoms with van der Waals surface area (Å²) in [4.78, 5) is 13.5. The van der Waals surface area contributed by atoms with Crippen LogP contribution in [0.1, 0.15) is 11.3 Å². The molecule has 5 nitrogen and oxygen atoms in total. The van der Waals surface area contributed by atoms with Gasteiger partial charge in [0.25, 0.3) is 0 Å². The van der Waals surface area contributed by atoms with Gasteiger partial charge in [-0.25, -0.2) is 0 Å². The summed E-state index contributed by atoms with van der Waals surface area (Å²) in [6, 6.07) is 6.28. The number of rotatable bonds is 6. The molecule has 2 aromatic rings. The summed E-state index contributed by atoms with van der Waals surface area (Å²) in [6.07, 6.45) is -2.97. The molecule has 1 aromatic carbocycles. The van der Waals surface area contributed by atoms with Gasteiger partial charge in [-0.05, 0) is 24.6 Å². The first-order valence-corrected chi connectivity index (χ1v) is 7.49. The third-order valence-electron chi connectivity index (χ3n) is 3.16. The van der Waals surface area contributed by atoms with Crippen molar-refractivity contribution < 1.29 is 22.7 Å². The Bertz CT molecular complexity index is 690. The molecule has 9 heteroatoms. The van der Waals surface area contributed by atoms with E-state index in [4.69, 9.17) is 16.3 Å². The molecule has 0 bridgehead atoms. The summed E-state index contributed by atoms with van der Waals surface area (Å²) in [5.74, 6) is -0.816. The normalized spacial score (nSPS) is 11.4. The molecule has 0 spiro atoms. The molecule has 0 radical (unpaired) electrons. The Morgan fingerprint density at radius 2 is 2.12 bits per heavy atom. The lowest BCUT2D eigenvalue weighted by atomic mass is 10.1. The first-order valence-electron chi connectivity index (χ1n) is 6.95. The molecule has 24 heavy (non-hydrogen) atoms. The van der Waals surface area contributed by atoms with Crippen molar-refractivity contribution in [2.45, 2.75) is 19.6 Å². The molecule has 0 aliphatic carbocycles. The summed E-state index contributed by atoms with van der Waals surface area (Å²) in [7, 11) is 0. The van der Waals surface area contributed by atoms with E-state index in [9.17, 15) is 18.0 Å². The van der Waals surface area contributed by atoms with Crippen LogP contribution in [0.15, 0.2) is 30.5 Å². The number of ether oxygens (including phenoxy) is 1. The lowest BCUT2D eigenvalue weighted by molar-refractivity contribution is -0.153. The van der Waals surface area contributed by atoms with E-state index in [2.05, 4.69) is 10.2 Å². The average Bonchev–Trinajstić information content (AvgIpc) is 3.03. The number of carbonyl (C=O) groups excluding carboxylic acids is 1. The number of amides is 1. The Balaban J connectivity index is 2.38. The minimum atomic E-state index is -4.48. The van der Waals surface area contributed by atoms with E-state index in [1.807, 2.05) is 0 Å². The maximum absolute atomic E-state index is 12.5. The molecule has 1 aromatic heterocycles. The number of anilines is 1. The van der Waals surface area contributed by atoms with Gasteiger partial charge in [-0.3, -0.25) is 9.89 Å². The van der Waals surface area contributed by atoms with Crippen molar-refractivity contribution in [3.8, 4) is 5.75 Å². The first kappa shape index (κ1) is 18.1. The number of hydrogen-bond donors (Lipinski definition) is 1. The van der Waals surface area contributed by atoms with Crippen molar-refractivity contribution in [3.05, 3.63) is 41.7 Å². The summed E-state index contributed by atoms with van der Waals surface area (Å²) in [5.41, 5.74) is 1.45. The van der Waals surface area contributed by atoms with Crippen molar-refractivity contribution in [1.82, 2.24) is 10.2 Å². The molecule has 0 unspecified atom stereocenters. The summed E-state index contributed by atoms with van der Waals surface area (Å²) in [6.45, 7) is 0.312. The van der Waals surface area contributed by atoms with Crippen LogP contribution in [0.4, 0.5) is 18.9 Å². The standard InChI is InChI=1S/C15H15ClF3N3O2/c1-10-3-2-4-12(24-9-15(17,18)19)14(10)22(13(23)7-16)8-11-5-6-20-21-11/h2-6H,7-9H2,1H3,(H,20,21). The van der Waals surface area contributed by atoms with E-state index in [1.165, 1.54) is 17.2 Å². The first-order chi connectivity index (χ1) is 11.3. The molecule has 0 fully saturated rings. The largest absolute Gasteiger partial charge is 0.482 e. The Labute approximate surface area is 141 Å². The molecule has 130 valence electrons. The number of aryl methyl sites for hydroxylation is 1. The monoisotopic (exact) mass is 361 g/mol. The second-order valence-corrected chi connectivity index (χ2v) is 5.29. The fourth-order valence-electron chi connectivity index (χ4n) is 2.16. The molecule has 1 N–H and O–H groups in total. The van der Waals surface area contributed by atoms with Gasteiger partial charge in [-0.15, -0.1) is 11.6 Å². The molecule has 0 aliphatic heterocycles. The molecule has 0 saturated heterocycles. The van der Waals surface area contributed by atoms with Crippen LogP contribution in [0.2, 0.25) is 0 Å². The quantitative estimate of drug-likeness (QED) is 0.802. The van der Waals surface area contributed by atoms with E-state index in [1.54, 1.807) is 25.1 Å². The maximum atomic E-state index is 12.5. The number of hydrogen-bond acceptors (Lipinski definition) is 3. The summed E-state index contributed by atoms with van der Waals surface area (Å²) >= 11 is 5.65. The predicted molar refractivity (Wildman–Crippen MR) is 83.2 cm³/mol. The molecular weight excluding hydrogens is 347 g/mol. The van der Waals surface area contributed by atoms with E-state index in [-0.39, 0.29) is 23.9 Å². The fraction of sp³-hybridized carbons (Fsp3) is 0.333. The van der Waals surface area contributed by atoms with Crippen molar-refractivity contribution in [1.29, 1.82) is 0 Å². The van der Waals surface area contributed by atoms with Crippen molar-refractivity contribution >= 4 is 23.2 Å². The van der Waals surface area contributed by atoms with Crippen molar-refractivity contribution in [2.24, 2.45) is 0 Å². The van der Waals surface area contributed by atoms with Gasteiger partial charge in [0.2, 0.25) is 5.91 Å². The second kappa shape index (κ2) is 7.57. The van der Waals surface area contributed by atoms with Crippen LogP contribution < -0.4 is 9.64 Å². The lowest BCUT2D eigenvalue weighted by Crippen LogP contribution is -2.33. The summed E-state index contributed by atoms with van der Waals surface area (Å²) < 4.78 is 42.3. The number of nitrogens with one attached hydrogen (secondary N) is 1. The highest BCUT2D eigenvalue weighted by molar-refractivity contribution is 6.29. The fourth-order valence-corrected chi connectivity index (χ4v) is 2.31. The number of carbonyl (C=O) groups is 1. The van der Waals surface area contributed by atoms with Crippen LogP contribution in [-0.2, 0) is 11.3 Å². The number of halogens is 4. The van der Waals surface area contributed by atoms with Gasteiger partial charge < -0.3 is 9.64 Å². The Kier molecular flexibility index (Phi) is 5.71. The van der Waals surface area contributed by atoms with Gasteiger partial charge in [0.15, 0.2) is 6.61 Å². The van der Waals surface area contributed by atoms with Crippen LogP contribution in [0, 0.1) is 6.92 Å². The number of alkyl halides is 4. The minimum absolute atomic E-state index is 0.0368. The third-order valence-corrected chi connectivity index (χ3v) is 3.39. The Morgan fingerprint density at radius 3 is 2.71 bits per heavy atom. The molecule has 0 aliphatic rings. The number of aromatic nitrogens is 2. The predicted octanol–water partition coefficient (Wildman–Crippen LogP) is 3.43. The van der Waals surface area contributed by atoms with Crippen LogP contribution in [0.3, 0.4) is 0 Å². The molecule has 2 rings (SSSR count). The molecule has 0 saturated carbocycles. The van der Waals surface area contributed by atoms with Gasteiger partial charge in [-0.1, -0.05) is 12.1 Å². The number of aromatic amines is 1. The maximum Gasteiger partial charge on any atom is 0.422 e. The van der Waals surface area contributed by atoms with Crippen LogP contribution in [0.25, 0.3) is 0 Å². The van der Waals surface area contributed by atoms with E-state index in [0.717, 1.165) is 0 Å². The highest BCUT2D eigenvalue weighted by atomic mass is 35.5.